The molecular formula is C20H18ClN3O3. The van der Waals surface area contributed by atoms with E-state index in [2.05, 4.69) is 10.6 Å². The molecule has 0 spiro atoms. The third kappa shape index (κ3) is 6.17. The number of halogens is 1. The van der Waals surface area contributed by atoms with Crippen molar-refractivity contribution in [1.82, 2.24) is 5.32 Å². The number of anilines is 1. The van der Waals surface area contributed by atoms with Gasteiger partial charge < -0.3 is 15.4 Å². The molecule has 1 amide bonds. The number of carbonyl (C=O) groups is 2. The Bertz CT molecular complexity index is 869. The number of esters is 1. The van der Waals surface area contributed by atoms with Crippen LogP contribution in [-0.2, 0) is 16.1 Å². The van der Waals surface area contributed by atoms with Crippen LogP contribution in [0, 0.1) is 11.3 Å². The second-order valence-corrected chi connectivity index (χ2v) is 5.87. The van der Waals surface area contributed by atoms with Crippen molar-refractivity contribution in [1.29, 1.82) is 5.26 Å². The van der Waals surface area contributed by atoms with Gasteiger partial charge in [0.1, 0.15) is 11.6 Å². The van der Waals surface area contributed by atoms with E-state index < -0.39 is 11.9 Å². The Hall–Kier alpha value is -3.30. The molecule has 2 N–H and O–H groups in total. The maximum atomic E-state index is 12.2. The van der Waals surface area contributed by atoms with Crippen LogP contribution in [0.2, 0.25) is 5.02 Å². The minimum atomic E-state index is -0.551. The van der Waals surface area contributed by atoms with Crippen LogP contribution in [0.15, 0.2) is 60.3 Å². The number of nitrogens with one attached hydrogen (secondary N) is 2. The molecular weight excluding hydrogens is 366 g/mol. The lowest BCUT2D eigenvalue weighted by Gasteiger charge is -2.07. The summed E-state index contributed by atoms with van der Waals surface area (Å²) in [6.45, 7) is 2.46. The van der Waals surface area contributed by atoms with Gasteiger partial charge in [-0.3, -0.25) is 4.79 Å². The first kappa shape index (κ1) is 20.0. The van der Waals surface area contributed by atoms with Gasteiger partial charge in [0.05, 0.1) is 12.2 Å². The second kappa shape index (κ2) is 10.00. The van der Waals surface area contributed by atoms with Gasteiger partial charge in [0, 0.05) is 23.5 Å². The summed E-state index contributed by atoms with van der Waals surface area (Å²) >= 11 is 5.83. The van der Waals surface area contributed by atoms with Crippen LogP contribution in [0.5, 0.6) is 0 Å². The van der Waals surface area contributed by atoms with Gasteiger partial charge in [0.2, 0.25) is 0 Å². The summed E-state index contributed by atoms with van der Waals surface area (Å²) in [5.74, 6) is -0.982. The number of amides is 1. The molecule has 0 fully saturated rings. The van der Waals surface area contributed by atoms with Crippen molar-refractivity contribution in [2.45, 2.75) is 13.5 Å². The first-order valence-electron chi connectivity index (χ1n) is 8.20. The summed E-state index contributed by atoms with van der Waals surface area (Å²) in [6, 6.07) is 15.3. The Balaban J connectivity index is 1.94. The van der Waals surface area contributed by atoms with Crippen LogP contribution in [0.3, 0.4) is 0 Å². The number of hydrogen-bond acceptors (Lipinski definition) is 5. The van der Waals surface area contributed by atoms with Gasteiger partial charge in [-0.15, -0.1) is 0 Å². The highest BCUT2D eigenvalue weighted by Gasteiger charge is 2.10. The van der Waals surface area contributed by atoms with Gasteiger partial charge in [0.25, 0.3) is 5.91 Å². The zero-order valence-electron chi connectivity index (χ0n) is 14.7. The molecule has 6 nitrogen and oxygen atoms in total. The Kier molecular flexibility index (Phi) is 7.41. The topological polar surface area (TPSA) is 91.2 Å². The number of benzene rings is 2. The highest BCUT2D eigenvalue weighted by atomic mass is 35.5. The predicted molar refractivity (Wildman–Crippen MR) is 103 cm³/mol. The summed E-state index contributed by atoms with van der Waals surface area (Å²) in [5, 5.41) is 15.4. The zero-order chi connectivity index (χ0) is 19.6. The molecule has 7 heteroatoms. The molecule has 0 aliphatic heterocycles. The molecule has 2 rings (SSSR count). The van der Waals surface area contributed by atoms with Crippen LogP contribution >= 0.6 is 11.6 Å². The van der Waals surface area contributed by atoms with Gasteiger partial charge in [0.15, 0.2) is 0 Å². The highest BCUT2D eigenvalue weighted by molar-refractivity contribution is 6.30. The fourth-order valence-corrected chi connectivity index (χ4v) is 2.25. The molecule has 2 aromatic carbocycles. The van der Waals surface area contributed by atoms with Gasteiger partial charge in [-0.1, -0.05) is 23.7 Å². The highest BCUT2D eigenvalue weighted by Crippen LogP contribution is 2.12. The van der Waals surface area contributed by atoms with E-state index in [1.54, 1.807) is 43.3 Å². The first-order valence-corrected chi connectivity index (χ1v) is 8.58. The summed E-state index contributed by atoms with van der Waals surface area (Å²) in [6.07, 6.45) is 1.36. The molecule has 0 bridgehead atoms. The van der Waals surface area contributed by atoms with Crippen molar-refractivity contribution in [2.75, 3.05) is 11.9 Å². The largest absolute Gasteiger partial charge is 0.462 e. The fraction of sp³-hybridized carbons (Fsp3) is 0.150. The number of carbonyl (C=O) groups excluding carboxylic acids is 2. The molecule has 0 unspecified atom stereocenters. The Morgan fingerprint density at radius 1 is 1.15 bits per heavy atom. The van der Waals surface area contributed by atoms with Gasteiger partial charge in [-0.05, 0) is 48.9 Å². The van der Waals surface area contributed by atoms with Gasteiger partial charge >= 0.3 is 5.97 Å². The lowest BCUT2D eigenvalue weighted by Crippen LogP contribution is -2.16. The molecule has 0 atom stereocenters. The third-order valence-corrected chi connectivity index (χ3v) is 3.74. The molecule has 0 aliphatic carbocycles. The second-order valence-electron chi connectivity index (χ2n) is 5.43. The van der Waals surface area contributed by atoms with E-state index in [9.17, 15) is 14.9 Å². The van der Waals surface area contributed by atoms with Crippen LogP contribution in [0.4, 0.5) is 5.69 Å². The maximum Gasteiger partial charge on any atom is 0.338 e. The lowest BCUT2D eigenvalue weighted by atomic mass is 10.2. The van der Waals surface area contributed by atoms with Crippen LogP contribution < -0.4 is 10.6 Å². The zero-order valence-corrected chi connectivity index (χ0v) is 15.4. The number of nitrogens with zero attached hydrogens (tertiary/aromatic N) is 1. The SMILES string of the molecule is CCOC(=O)c1ccc(NC(=O)/C(C#N)=C\NCc2ccc(Cl)cc2)cc1. The molecule has 0 radical (unpaired) electrons. The standard InChI is InChI=1S/C20H18ClN3O3/c1-2-27-20(26)15-5-9-18(10-6-15)24-19(25)16(11-22)13-23-12-14-3-7-17(21)8-4-14/h3-10,13,23H,2,12H2,1H3,(H,24,25)/b16-13-. The van der Waals surface area contributed by atoms with Crippen LogP contribution in [0.25, 0.3) is 0 Å². The molecule has 138 valence electrons. The van der Waals surface area contributed by atoms with E-state index in [0.29, 0.717) is 22.8 Å². The number of rotatable bonds is 7. The van der Waals surface area contributed by atoms with Gasteiger partial charge in [-0.2, -0.15) is 5.26 Å². The number of ether oxygens (including phenoxy) is 1. The van der Waals surface area contributed by atoms with E-state index in [4.69, 9.17) is 16.3 Å². The first-order chi connectivity index (χ1) is 13.0. The predicted octanol–water partition coefficient (Wildman–Crippen LogP) is 3.65. The molecule has 0 aliphatic rings. The molecule has 0 heterocycles. The van der Waals surface area contributed by atoms with Crippen molar-refractivity contribution >= 4 is 29.2 Å². The van der Waals surface area contributed by atoms with Crippen molar-refractivity contribution in [3.8, 4) is 6.07 Å². The third-order valence-electron chi connectivity index (χ3n) is 3.48. The smallest absolute Gasteiger partial charge is 0.338 e. The Labute approximate surface area is 162 Å². The fourth-order valence-electron chi connectivity index (χ4n) is 2.12. The monoisotopic (exact) mass is 383 g/mol. The molecule has 27 heavy (non-hydrogen) atoms. The maximum absolute atomic E-state index is 12.2. The van der Waals surface area contributed by atoms with E-state index in [1.165, 1.54) is 6.20 Å². The normalized spacial score (nSPS) is 10.6. The minimum Gasteiger partial charge on any atom is -0.462 e. The van der Waals surface area contributed by atoms with Crippen LogP contribution in [0.1, 0.15) is 22.8 Å². The molecule has 2 aromatic rings. The molecule has 0 saturated heterocycles. The van der Waals surface area contributed by atoms with Crippen molar-refractivity contribution < 1.29 is 14.3 Å². The van der Waals surface area contributed by atoms with Crippen molar-refractivity contribution in [3.05, 3.63) is 76.5 Å². The Morgan fingerprint density at radius 3 is 2.41 bits per heavy atom. The summed E-state index contributed by atoms with van der Waals surface area (Å²) in [4.78, 5) is 23.8. The summed E-state index contributed by atoms with van der Waals surface area (Å²) < 4.78 is 4.90. The van der Waals surface area contributed by atoms with E-state index >= 15 is 0 Å². The summed E-state index contributed by atoms with van der Waals surface area (Å²) in [7, 11) is 0. The Morgan fingerprint density at radius 2 is 1.81 bits per heavy atom. The van der Waals surface area contributed by atoms with Crippen molar-refractivity contribution in [3.63, 3.8) is 0 Å². The average Bonchev–Trinajstić information content (AvgIpc) is 2.67. The summed E-state index contributed by atoms with van der Waals surface area (Å²) in [5.41, 5.74) is 1.74. The lowest BCUT2D eigenvalue weighted by molar-refractivity contribution is -0.112. The molecule has 0 aromatic heterocycles. The molecule has 0 saturated carbocycles. The van der Waals surface area contributed by atoms with E-state index in [-0.39, 0.29) is 12.2 Å². The quantitative estimate of drug-likeness (QED) is 0.432. The number of hydrogen-bond donors (Lipinski definition) is 2. The van der Waals surface area contributed by atoms with Crippen LogP contribution in [-0.4, -0.2) is 18.5 Å². The van der Waals surface area contributed by atoms with Gasteiger partial charge in [-0.25, -0.2) is 4.79 Å². The van der Waals surface area contributed by atoms with E-state index in [0.717, 1.165) is 5.56 Å². The van der Waals surface area contributed by atoms with E-state index in [1.807, 2.05) is 18.2 Å². The number of nitriles is 1. The average molecular weight is 384 g/mol. The van der Waals surface area contributed by atoms with Crippen molar-refractivity contribution in [2.24, 2.45) is 0 Å². The minimum absolute atomic E-state index is 0.0709.